The van der Waals surface area contributed by atoms with E-state index in [1.807, 2.05) is 0 Å². The summed E-state index contributed by atoms with van der Waals surface area (Å²) in [5.74, 6) is 0. The molecule has 9 rings (SSSR count). The highest BCUT2D eigenvalue weighted by molar-refractivity contribution is 6.09. The van der Waals surface area contributed by atoms with Gasteiger partial charge in [0, 0.05) is 16.5 Å². The number of aromatic nitrogens is 1. The molecule has 0 radical (unpaired) electrons. The van der Waals surface area contributed by atoms with Crippen LogP contribution in [0.4, 0.5) is 0 Å². The third-order valence-corrected chi connectivity index (χ3v) is 9.25. The van der Waals surface area contributed by atoms with E-state index in [-0.39, 0.29) is 0 Å². The highest BCUT2D eigenvalue weighted by atomic mass is 15.0. The zero-order valence-corrected chi connectivity index (χ0v) is 24.2. The van der Waals surface area contributed by atoms with Crippen LogP contribution in [-0.4, -0.2) is 4.57 Å². The SMILES string of the molecule is c1ccc(-c2ccc(-c3cccc(-c4cc(-n5c6ccccc6c6ccccc65)cc5c4Cc4ccccc4-5)c3)cc2)cc1. The Morgan fingerprint density at radius 2 is 0.909 bits per heavy atom. The highest BCUT2D eigenvalue weighted by Gasteiger charge is 2.24. The zero-order valence-electron chi connectivity index (χ0n) is 24.2. The molecule has 0 bridgehead atoms. The summed E-state index contributed by atoms with van der Waals surface area (Å²) in [6.45, 7) is 0. The van der Waals surface area contributed by atoms with Crippen molar-refractivity contribution in [1.82, 2.24) is 4.57 Å². The van der Waals surface area contributed by atoms with Crippen LogP contribution in [0.3, 0.4) is 0 Å². The van der Waals surface area contributed by atoms with Gasteiger partial charge in [0.15, 0.2) is 0 Å². The minimum absolute atomic E-state index is 0.949. The Morgan fingerprint density at radius 3 is 1.66 bits per heavy atom. The summed E-state index contributed by atoms with van der Waals surface area (Å²) in [4.78, 5) is 0. The molecule has 1 heteroatoms. The molecule has 44 heavy (non-hydrogen) atoms. The number of benzene rings is 7. The molecular weight excluding hydrogens is 530 g/mol. The standard InChI is InChI=1S/C43H29N/c1-2-11-29(12-3-1)30-21-23-31(24-22-30)32-14-10-15-33(25-32)39-27-35(28-41-36-16-5-4-13-34(36)26-40(39)41)44-42-19-8-6-17-37(42)38-18-7-9-20-43(38)44/h1-25,27-28H,26H2. The van der Waals surface area contributed by atoms with Gasteiger partial charge in [-0.1, -0.05) is 133 Å². The summed E-state index contributed by atoms with van der Waals surface area (Å²) in [5.41, 5.74) is 16.7. The average Bonchev–Trinajstić information content (AvgIpc) is 3.64. The van der Waals surface area contributed by atoms with E-state index in [4.69, 9.17) is 0 Å². The Labute approximate surface area is 257 Å². The van der Waals surface area contributed by atoms with E-state index < -0.39 is 0 Å². The van der Waals surface area contributed by atoms with E-state index in [0.29, 0.717) is 0 Å². The average molecular weight is 560 g/mol. The minimum Gasteiger partial charge on any atom is -0.309 e. The van der Waals surface area contributed by atoms with Crippen LogP contribution < -0.4 is 0 Å². The first-order chi connectivity index (χ1) is 21.8. The lowest BCUT2D eigenvalue weighted by Gasteiger charge is -2.16. The van der Waals surface area contributed by atoms with E-state index in [2.05, 4.69) is 168 Å². The van der Waals surface area contributed by atoms with Gasteiger partial charge in [-0.25, -0.2) is 0 Å². The molecular formula is C43H29N. The molecule has 0 fully saturated rings. The lowest BCUT2D eigenvalue weighted by Crippen LogP contribution is -1.98. The molecule has 8 aromatic rings. The van der Waals surface area contributed by atoms with E-state index in [0.717, 1.165) is 6.42 Å². The molecule has 1 heterocycles. The smallest absolute Gasteiger partial charge is 0.0541 e. The lowest BCUT2D eigenvalue weighted by atomic mass is 9.92. The minimum atomic E-state index is 0.949. The summed E-state index contributed by atoms with van der Waals surface area (Å²) in [5, 5.41) is 2.57. The maximum atomic E-state index is 2.45. The van der Waals surface area contributed by atoms with Gasteiger partial charge in [0.2, 0.25) is 0 Å². The molecule has 1 aliphatic carbocycles. The summed E-state index contributed by atoms with van der Waals surface area (Å²) < 4.78 is 2.45. The van der Waals surface area contributed by atoms with Gasteiger partial charge in [0.25, 0.3) is 0 Å². The summed E-state index contributed by atoms with van der Waals surface area (Å²) >= 11 is 0. The summed E-state index contributed by atoms with van der Waals surface area (Å²) in [6, 6.07) is 59.9. The molecule has 7 aromatic carbocycles. The van der Waals surface area contributed by atoms with Crippen molar-refractivity contribution in [3.05, 3.63) is 175 Å². The van der Waals surface area contributed by atoms with Crippen LogP contribution in [0.15, 0.2) is 164 Å². The number of hydrogen-bond donors (Lipinski definition) is 0. The van der Waals surface area contributed by atoms with Gasteiger partial charge in [-0.2, -0.15) is 0 Å². The molecule has 0 unspecified atom stereocenters. The molecule has 0 atom stereocenters. The van der Waals surface area contributed by atoms with Crippen LogP contribution in [0.1, 0.15) is 11.1 Å². The van der Waals surface area contributed by atoms with Gasteiger partial charge in [-0.3, -0.25) is 0 Å². The van der Waals surface area contributed by atoms with E-state index in [1.54, 1.807) is 0 Å². The van der Waals surface area contributed by atoms with E-state index >= 15 is 0 Å². The second kappa shape index (κ2) is 9.97. The first kappa shape index (κ1) is 24.9. The van der Waals surface area contributed by atoms with Crippen LogP contribution >= 0.6 is 0 Å². The number of para-hydroxylation sites is 2. The van der Waals surface area contributed by atoms with E-state index in [1.165, 1.54) is 83.1 Å². The fourth-order valence-corrected chi connectivity index (χ4v) is 7.15. The Kier molecular flexibility index (Phi) is 5.64. The third-order valence-electron chi connectivity index (χ3n) is 9.25. The van der Waals surface area contributed by atoms with Crippen LogP contribution in [0.5, 0.6) is 0 Å². The zero-order chi connectivity index (χ0) is 29.0. The summed E-state index contributed by atoms with van der Waals surface area (Å²) in [7, 11) is 0. The van der Waals surface area contributed by atoms with Crippen molar-refractivity contribution in [2.75, 3.05) is 0 Å². The number of nitrogens with zero attached hydrogens (tertiary/aromatic N) is 1. The van der Waals surface area contributed by atoms with Crippen LogP contribution in [-0.2, 0) is 6.42 Å². The first-order valence-electron chi connectivity index (χ1n) is 15.3. The molecule has 1 nitrogen and oxygen atoms in total. The molecule has 1 aromatic heterocycles. The lowest BCUT2D eigenvalue weighted by molar-refractivity contribution is 1.17. The van der Waals surface area contributed by atoms with E-state index in [9.17, 15) is 0 Å². The molecule has 1 aliphatic rings. The molecule has 0 aliphatic heterocycles. The van der Waals surface area contributed by atoms with Crippen LogP contribution in [0.2, 0.25) is 0 Å². The fourth-order valence-electron chi connectivity index (χ4n) is 7.15. The Hall–Kier alpha value is -5.66. The predicted octanol–water partition coefficient (Wildman–Crippen LogP) is 11.4. The van der Waals surface area contributed by atoms with Crippen molar-refractivity contribution in [3.63, 3.8) is 0 Å². The maximum absolute atomic E-state index is 2.45. The molecule has 206 valence electrons. The van der Waals surface area contributed by atoms with Crippen molar-refractivity contribution >= 4 is 21.8 Å². The van der Waals surface area contributed by atoms with Crippen LogP contribution in [0, 0.1) is 0 Å². The molecule has 0 saturated heterocycles. The first-order valence-corrected chi connectivity index (χ1v) is 15.3. The van der Waals surface area contributed by atoms with Gasteiger partial charge in [0.05, 0.1) is 11.0 Å². The number of rotatable bonds is 4. The van der Waals surface area contributed by atoms with Crippen molar-refractivity contribution in [2.24, 2.45) is 0 Å². The van der Waals surface area contributed by atoms with Crippen molar-refractivity contribution in [3.8, 4) is 50.2 Å². The third kappa shape index (κ3) is 3.94. The monoisotopic (exact) mass is 559 g/mol. The maximum Gasteiger partial charge on any atom is 0.0541 e. The number of fused-ring (bicyclic) bond motifs is 6. The second-order valence-corrected chi connectivity index (χ2v) is 11.7. The normalized spacial score (nSPS) is 12.0. The summed E-state index contributed by atoms with van der Waals surface area (Å²) in [6.07, 6.45) is 0.949. The molecule has 0 N–H and O–H groups in total. The Balaban J connectivity index is 1.23. The van der Waals surface area contributed by atoms with Crippen molar-refractivity contribution in [2.45, 2.75) is 6.42 Å². The highest BCUT2D eigenvalue weighted by Crippen LogP contribution is 2.45. The number of hydrogen-bond acceptors (Lipinski definition) is 0. The quantitative estimate of drug-likeness (QED) is 0.202. The van der Waals surface area contributed by atoms with Gasteiger partial charge in [-0.15, -0.1) is 0 Å². The Bertz CT molecular complexity index is 2290. The Morgan fingerprint density at radius 1 is 0.364 bits per heavy atom. The molecule has 0 saturated carbocycles. The van der Waals surface area contributed by atoms with Gasteiger partial charge >= 0.3 is 0 Å². The predicted molar refractivity (Wildman–Crippen MR) is 185 cm³/mol. The largest absolute Gasteiger partial charge is 0.309 e. The topological polar surface area (TPSA) is 4.93 Å². The second-order valence-electron chi connectivity index (χ2n) is 11.7. The van der Waals surface area contributed by atoms with Gasteiger partial charge in [0.1, 0.15) is 0 Å². The van der Waals surface area contributed by atoms with Crippen molar-refractivity contribution < 1.29 is 0 Å². The van der Waals surface area contributed by atoms with Gasteiger partial charge < -0.3 is 4.57 Å². The van der Waals surface area contributed by atoms with Crippen LogP contribution in [0.25, 0.3) is 72.0 Å². The fraction of sp³-hybridized carbons (Fsp3) is 0.0233. The van der Waals surface area contributed by atoms with Gasteiger partial charge in [-0.05, 0) is 92.4 Å². The molecule has 0 amide bonds. The van der Waals surface area contributed by atoms with Crippen molar-refractivity contribution in [1.29, 1.82) is 0 Å². The molecule has 0 spiro atoms.